The van der Waals surface area contributed by atoms with Crippen molar-refractivity contribution in [2.75, 3.05) is 31.7 Å². The molecule has 0 atom stereocenters. The fraction of sp³-hybridized carbons (Fsp3) is 0.417. The van der Waals surface area contributed by atoms with Crippen LogP contribution in [0.25, 0.3) is 0 Å². The Labute approximate surface area is 112 Å². The van der Waals surface area contributed by atoms with E-state index in [0.717, 1.165) is 5.56 Å². The minimum atomic E-state index is -3.72. The number of sulfone groups is 1. The third-order valence-electron chi connectivity index (χ3n) is 2.45. The summed E-state index contributed by atoms with van der Waals surface area (Å²) >= 11 is 0. The number of rotatable bonds is 6. The summed E-state index contributed by atoms with van der Waals surface area (Å²) in [5.74, 6) is -1.19. The molecular formula is C12H18N2O4S. The molecule has 1 rings (SSSR count). The first-order valence-electron chi connectivity index (χ1n) is 5.71. The Balaban J connectivity index is 2.78. The molecular weight excluding hydrogens is 268 g/mol. The highest BCUT2D eigenvalue weighted by Gasteiger charge is 2.21. The zero-order chi connectivity index (χ0) is 14.5. The number of ether oxygens (including phenoxy) is 1. The van der Waals surface area contributed by atoms with E-state index in [1.807, 2.05) is 6.92 Å². The number of carbonyl (C=O) groups is 1. The number of nitrogens with one attached hydrogen (secondary N) is 1. The summed E-state index contributed by atoms with van der Waals surface area (Å²) in [7, 11) is -2.23. The lowest BCUT2D eigenvalue weighted by atomic mass is 10.2. The van der Waals surface area contributed by atoms with Crippen LogP contribution in [0.15, 0.2) is 23.1 Å². The Bertz CT molecular complexity index is 555. The standard InChI is InChI=1S/C12H18N2O4S/c1-9-3-4-11(10(13)7-9)19(16,17)8-12(15)14-5-6-18-2/h3-4,7H,5-6,8,13H2,1-2H3,(H,14,15). The number of amides is 1. The molecule has 0 bridgehead atoms. The van der Waals surface area contributed by atoms with Crippen LogP contribution in [0.5, 0.6) is 0 Å². The van der Waals surface area contributed by atoms with Crippen LogP contribution < -0.4 is 11.1 Å². The van der Waals surface area contributed by atoms with Crippen molar-refractivity contribution in [2.45, 2.75) is 11.8 Å². The van der Waals surface area contributed by atoms with Gasteiger partial charge in [-0.3, -0.25) is 4.79 Å². The van der Waals surface area contributed by atoms with Gasteiger partial charge in [0.15, 0.2) is 9.84 Å². The Morgan fingerprint density at radius 3 is 2.68 bits per heavy atom. The predicted molar refractivity (Wildman–Crippen MR) is 72.5 cm³/mol. The van der Waals surface area contributed by atoms with E-state index < -0.39 is 21.5 Å². The number of benzene rings is 1. The molecule has 1 aromatic carbocycles. The van der Waals surface area contributed by atoms with Crippen LogP contribution in [0.3, 0.4) is 0 Å². The Morgan fingerprint density at radius 1 is 1.42 bits per heavy atom. The van der Waals surface area contributed by atoms with E-state index in [9.17, 15) is 13.2 Å². The van der Waals surface area contributed by atoms with Gasteiger partial charge in [0.05, 0.1) is 17.2 Å². The van der Waals surface area contributed by atoms with Crippen LogP contribution >= 0.6 is 0 Å². The number of methoxy groups -OCH3 is 1. The quantitative estimate of drug-likeness (QED) is 0.571. The van der Waals surface area contributed by atoms with E-state index in [4.69, 9.17) is 10.5 Å². The first kappa shape index (κ1) is 15.5. The number of nitrogens with two attached hydrogens (primary N) is 1. The lowest BCUT2D eigenvalue weighted by Crippen LogP contribution is -2.32. The molecule has 0 aliphatic heterocycles. The highest BCUT2D eigenvalue weighted by Crippen LogP contribution is 2.20. The lowest BCUT2D eigenvalue weighted by Gasteiger charge is -2.08. The van der Waals surface area contributed by atoms with Crippen molar-refractivity contribution in [1.82, 2.24) is 5.32 Å². The average Bonchev–Trinajstić information content (AvgIpc) is 2.27. The van der Waals surface area contributed by atoms with Crippen molar-refractivity contribution in [2.24, 2.45) is 0 Å². The van der Waals surface area contributed by atoms with E-state index in [0.29, 0.717) is 6.61 Å². The zero-order valence-corrected chi connectivity index (χ0v) is 11.8. The predicted octanol–water partition coefficient (Wildman–Crippen LogP) is 0.114. The molecule has 0 radical (unpaired) electrons. The number of carbonyl (C=O) groups excluding carboxylic acids is 1. The molecule has 106 valence electrons. The maximum absolute atomic E-state index is 12.0. The smallest absolute Gasteiger partial charge is 0.235 e. The number of aryl methyl sites for hydroxylation is 1. The highest BCUT2D eigenvalue weighted by atomic mass is 32.2. The number of hydrogen-bond donors (Lipinski definition) is 2. The number of hydrogen-bond acceptors (Lipinski definition) is 5. The minimum absolute atomic E-state index is 0.0139. The maximum Gasteiger partial charge on any atom is 0.235 e. The zero-order valence-electron chi connectivity index (χ0n) is 11.0. The number of nitrogen functional groups attached to an aromatic ring is 1. The van der Waals surface area contributed by atoms with Gasteiger partial charge >= 0.3 is 0 Å². The van der Waals surface area contributed by atoms with Crippen LogP contribution in [-0.4, -0.2) is 40.3 Å². The SMILES string of the molecule is COCCNC(=O)CS(=O)(=O)c1ccc(C)cc1N. The molecule has 0 aliphatic rings. The third-order valence-corrected chi connectivity index (χ3v) is 4.13. The molecule has 3 N–H and O–H groups in total. The lowest BCUT2D eigenvalue weighted by molar-refractivity contribution is -0.118. The Kier molecular flexibility index (Phi) is 5.31. The van der Waals surface area contributed by atoms with Gasteiger partial charge in [-0.2, -0.15) is 0 Å². The van der Waals surface area contributed by atoms with Gasteiger partial charge < -0.3 is 15.8 Å². The summed E-state index contributed by atoms with van der Waals surface area (Å²) in [4.78, 5) is 11.5. The van der Waals surface area contributed by atoms with Crippen molar-refractivity contribution in [1.29, 1.82) is 0 Å². The second kappa shape index (κ2) is 6.53. The van der Waals surface area contributed by atoms with Gasteiger partial charge in [0.25, 0.3) is 0 Å². The van der Waals surface area contributed by atoms with Crippen LogP contribution in [0.4, 0.5) is 5.69 Å². The van der Waals surface area contributed by atoms with Gasteiger partial charge in [0.2, 0.25) is 5.91 Å². The third kappa shape index (κ3) is 4.53. The van der Waals surface area contributed by atoms with Crippen LogP contribution in [0.2, 0.25) is 0 Å². The summed E-state index contributed by atoms with van der Waals surface area (Å²) in [5.41, 5.74) is 6.69. The number of anilines is 1. The topological polar surface area (TPSA) is 98.5 Å². The molecule has 0 aliphatic carbocycles. The molecule has 0 heterocycles. The summed E-state index contributed by atoms with van der Waals surface area (Å²) < 4.78 is 28.8. The van der Waals surface area contributed by atoms with E-state index in [-0.39, 0.29) is 17.1 Å². The van der Waals surface area contributed by atoms with Crippen LogP contribution in [-0.2, 0) is 19.4 Å². The molecule has 0 unspecified atom stereocenters. The summed E-state index contributed by atoms with van der Waals surface area (Å²) in [6.45, 7) is 2.41. The fourth-order valence-corrected chi connectivity index (χ4v) is 2.84. The first-order valence-corrected chi connectivity index (χ1v) is 7.36. The normalized spacial score (nSPS) is 11.3. The molecule has 19 heavy (non-hydrogen) atoms. The van der Waals surface area contributed by atoms with Gasteiger partial charge in [-0.1, -0.05) is 6.07 Å². The van der Waals surface area contributed by atoms with E-state index >= 15 is 0 Å². The minimum Gasteiger partial charge on any atom is -0.398 e. The van der Waals surface area contributed by atoms with Crippen molar-refractivity contribution >= 4 is 21.4 Å². The van der Waals surface area contributed by atoms with Crippen LogP contribution in [0.1, 0.15) is 5.56 Å². The monoisotopic (exact) mass is 286 g/mol. The maximum atomic E-state index is 12.0. The molecule has 7 heteroatoms. The largest absolute Gasteiger partial charge is 0.398 e. The van der Waals surface area contributed by atoms with Gasteiger partial charge in [-0.05, 0) is 24.6 Å². The van der Waals surface area contributed by atoms with Crippen LogP contribution in [0, 0.1) is 6.92 Å². The molecule has 0 fully saturated rings. The first-order chi connectivity index (χ1) is 8.86. The van der Waals surface area contributed by atoms with Crippen molar-refractivity contribution in [3.05, 3.63) is 23.8 Å². The van der Waals surface area contributed by atoms with Gasteiger partial charge in [0, 0.05) is 13.7 Å². The molecule has 0 saturated heterocycles. The molecule has 0 aromatic heterocycles. The second-order valence-corrected chi connectivity index (χ2v) is 6.10. The van der Waals surface area contributed by atoms with Crippen molar-refractivity contribution in [3.8, 4) is 0 Å². The molecule has 1 amide bonds. The van der Waals surface area contributed by atoms with Crippen molar-refractivity contribution < 1.29 is 17.9 Å². The molecule has 1 aromatic rings. The fourth-order valence-electron chi connectivity index (χ4n) is 1.54. The van der Waals surface area contributed by atoms with Gasteiger partial charge in [-0.15, -0.1) is 0 Å². The summed E-state index contributed by atoms with van der Waals surface area (Å²) in [6, 6.07) is 4.63. The van der Waals surface area contributed by atoms with E-state index in [1.165, 1.54) is 13.2 Å². The van der Waals surface area contributed by atoms with Gasteiger partial charge in [-0.25, -0.2) is 8.42 Å². The van der Waals surface area contributed by atoms with E-state index in [2.05, 4.69) is 5.32 Å². The summed E-state index contributed by atoms with van der Waals surface area (Å²) in [6.07, 6.45) is 0. The Morgan fingerprint density at radius 2 is 2.11 bits per heavy atom. The molecule has 0 spiro atoms. The summed E-state index contributed by atoms with van der Waals surface area (Å²) in [5, 5.41) is 2.46. The second-order valence-electron chi connectivity index (χ2n) is 4.14. The van der Waals surface area contributed by atoms with Crippen molar-refractivity contribution in [3.63, 3.8) is 0 Å². The Hall–Kier alpha value is -1.60. The highest BCUT2D eigenvalue weighted by molar-refractivity contribution is 7.92. The van der Waals surface area contributed by atoms with E-state index in [1.54, 1.807) is 12.1 Å². The average molecular weight is 286 g/mol. The van der Waals surface area contributed by atoms with Gasteiger partial charge in [0.1, 0.15) is 5.75 Å². The molecule has 6 nitrogen and oxygen atoms in total. The molecule has 0 saturated carbocycles.